The summed E-state index contributed by atoms with van der Waals surface area (Å²) in [5, 5.41) is 3.81. The van der Waals surface area contributed by atoms with Crippen molar-refractivity contribution in [2.45, 2.75) is 40.4 Å². The van der Waals surface area contributed by atoms with Gasteiger partial charge in [0.2, 0.25) is 0 Å². The Morgan fingerprint density at radius 1 is 0.744 bits per heavy atom. The average molecular weight is 705 g/mol. The van der Waals surface area contributed by atoms with Gasteiger partial charge >= 0.3 is 0 Å². The van der Waals surface area contributed by atoms with Crippen molar-refractivity contribution >= 4 is 35.2 Å². The Kier molecular flexibility index (Phi) is 8.66. The van der Waals surface area contributed by atoms with Gasteiger partial charge < -0.3 is 14.4 Å². The minimum absolute atomic E-state index is 0. The molecule has 0 amide bonds. The molecule has 0 aliphatic rings. The van der Waals surface area contributed by atoms with Crippen LogP contribution in [-0.2, 0) is 20.1 Å². The van der Waals surface area contributed by atoms with E-state index >= 15 is 0 Å². The molecule has 3 heterocycles. The summed E-state index contributed by atoms with van der Waals surface area (Å²) in [6, 6.07) is 31.4. The van der Waals surface area contributed by atoms with Crippen molar-refractivity contribution in [3.05, 3.63) is 114 Å². The van der Waals surface area contributed by atoms with Crippen LogP contribution in [-0.4, -0.2) is 18.0 Å². The normalized spacial score (nSPS) is 11.1. The Labute approximate surface area is 245 Å². The first-order valence-electron chi connectivity index (χ1n) is 12.9. The number of aryl methyl sites for hydroxylation is 3. The number of aromatic nitrogens is 2. The first-order valence-corrected chi connectivity index (χ1v) is 16.4. The van der Waals surface area contributed by atoms with Gasteiger partial charge in [0.15, 0.2) is 0 Å². The van der Waals surface area contributed by atoms with Crippen molar-refractivity contribution in [1.29, 1.82) is 0 Å². The van der Waals surface area contributed by atoms with Crippen molar-refractivity contribution in [1.82, 2.24) is 9.97 Å². The number of fused-ring (bicyclic) bond motifs is 3. The Morgan fingerprint density at radius 2 is 1.51 bits per heavy atom. The molecule has 0 saturated carbocycles. The van der Waals surface area contributed by atoms with Gasteiger partial charge in [-0.1, -0.05) is 79.5 Å². The first-order chi connectivity index (χ1) is 18.2. The number of nitrogens with zero attached hydrogens (tertiary/aromatic N) is 2. The Bertz CT molecular complexity index is 1670. The molecular formula is C34H32IrN2OSi-2. The van der Waals surface area contributed by atoms with Crippen LogP contribution in [0.5, 0.6) is 0 Å². The Hall–Kier alpha value is -3.37. The summed E-state index contributed by atoms with van der Waals surface area (Å²) in [4.78, 5) is 8.89. The van der Waals surface area contributed by atoms with Crippen LogP contribution in [0.4, 0.5) is 0 Å². The SMILES string of the molecule is Cc1c[c-]c(-c2ccc(C)cn2)cc1.Cc1ccnc(-c2[c-]cc([Si](C)(C)C)c3c2oc2ccccc23)c1.[Ir]. The molecule has 0 atom stereocenters. The van der Waals surface area contributed by atoms with Crippen LogP contribution in [0.25, 0.3) is 44.5 Å². The van der Waals surface area contributed by atoms with Gasteiger partial charge in [0.1, 0.15) is 5.58 Å². The van der Waals surface area contributed by atoms with Crippen LogP contribution in [0, 0.1) is 32.9 Å². The Morgan fingerprint density at radius 3 is 2.18 bits per heavy atom. The van der Waals surface area contributed by atoms with E-state index in [0.29, 0.717) is 0 Å². The third-order valence-electron chi connectivity index (χ3n) is 6.59. The molecule has 0 unspecified atom stereocenters. The fraction of sp³-hybridized carbons (Fsp3) is 0.176. The van der Waals surface area contributed by atoms with Gasteiger partial charge in [-0.3, -0.25) is 0 Å². The van der Waals surface area contributed by atoms with E-state index in [-0.39, 0.29) is 20.1 Å². The molecule has 0 bridgehead atoms. The van der Waals surface area contributed by atoms with Crippen molar-refractivity contribution in [2.75, 3.05) is 0 Å². The van der Waals surface area contributed by atoms with E-state index in [4.69, 9.17) is 4.42 Å². The molecule has 6 rings (SSSR count). The summed E-state index contributed by atoms with van der Waals surface area (Å²) in [7, 11) is -1.53. The smallest absolute Gasteiger partial charge is 0.120 e. The molecular weight excluding hydrogens is 673 g/mol. The number of hydrogen-bond acceptors (Lipinski definition) is 3. The second kappa shape index (κ2) is 11.8. The molecule has 0 aliphatic carbocycles. The molecule has 0 aliphatic heterocycles. The topological polar surface area (TPSA) is 38.9 Å². The zero-order valence-corrected chi connectivity index (χ0v) is 26.6. The second-order valence-electron chi connectivity index (χ2n) is 10.8. The molecule has 0 fully saturated rings. The van der Waals surface area contributed by atoms with Gasteiger partial charge in [0.25, 0.3) is 0 Å². The van der Waals surface area contributed by atoms with E-state index in [2.05, 4.69) is 92.0 Å². The predicted octanol–water partition coefficient (Wildman–Crippen LogP) is 8.46. The largest absolute Gasteiger partial charge is 0.501 e. The summed E-state index contributed by atoms with van der Waals surface area (Å²) >= 11 is 0. The second-order valence-corrected chi connectivity index (χ2v) is 15.9. The standard InChI is InChI=1S/C21H20NOSi.C13H12N.Ir/c1-14-11-12-22-17(13-14)15-9-10-19(24(2,3)4)20-16-7-5-6-8-18(16)23-21(15)20;1-10-3-6-12(7-4-10)13-8-5-11(2)9-14-13;/h5-8,10-13H,1-4H3;3-6,8-9H,1-2H3;/q2*-1;. The molecule has 199 valence electrons. The van der Waals surface area contributed by atoms with Crippen molar-refractivity contribution in [3.8, 4) is 22.5 Å². The van der Waals surface area contributed by atoms with Crippen molar-refractivity contribution < 1.29 is 24.5 Å². The predicted molar refractivity (Wildman–Crippen MR) is 161 cm³/mol. The van der Waals surface area contributed by atoms with E-state index in [1.165, 1.54) is 32.6 Å². The molecule has 6 aromatic rings. The third kappa shape index (κ3) is 6.28. The van der Waals surface area contributed by atoms with Crippen molar-refractivity contribution in [2.24, 2.45) is 0 Å². The van der Waals surface area contributed by atoms with Crippen LogP contribution < -0.4 is 5.19 Å². The zero-order chi connectivity index (χ0) is 26.9. The average Bonchev–Trinajstić information content (AvgIpc) is 3.29. The van der Waals surface area contributed by atoms with Crippen LogP contribution in [0.3, 0.4) is 0 Å². The van der Waals surface area contributed by atoms with Crippen LogP contribution in [0.15, 0.2) is 89.6 Å². The molecule has 3 nitrogen and oxygen atoms in total. The van der Waals surface area contributed by atoms with Gasteiger partial charge in [0.05, 0.1) is 5.58 Å². The fourth-order valence-electron chi connectivity index (χ4n) is 4.51. The number of benzene rings is 3. The molecule has 5 heteroatoms. The first kappa shape index (κ1) is 28.6. The van der Waals surface area contributed by atoms with Crippen LogP contribution in [0.1, 0.15) is 16.7 Å². The number of furan rings is 1. The molecule has 0 saturated heterocycles. The fourth-order valence-corrected chi connectivity index (χ4v) is 6.02. The van der Waals surface area contributed by atoms with E-state index in [9.17, 15) is 0 Å². The Balaban J connectivity index is 0.000000202. The van der Waals surface area contributed by atoms with Crippen molar-refractivity contribution in [3.63, 3.8) is 0 Å². The molecule has 39 heavy (non-hydrogen) atoms. The number of pyridine rings is 2. The third-order valence-corrected chi connectivity index (χ3v) is 8.60. The number of para-hydroxylation sites is 1. The molecule has 0 N–H and O–H groups in total. The van der Waals surface area contributed by atoms with E-state index in [1.807, 2.05) is 55.7 Å². The zero-order valence-electron chi connectivity index (χ0n) is 23.2. The van der Waals surface area contributed by atoms with Gasteiger partial charge in [0, 0.05) is 46.0 Å². The molecule has 3 aromatic heterocycles. The van der Waals surface area contributed by atoms with Gasteiger partial charge in [-0.2, -0.15) is 0 Å². The monoisotopic (exact) mass is 705 g/mol. The van der Waals surface area contributed by atoms with Gasteiger partial charge in [-0.05, 0) is 42.9 Å². The minimum atomic E-state index is -1.53. The van der Waals surface area contributed by atoms with Gasteiger partial charge in [-0.15, -0.1) is 52.7 Å². The van der Waals surface area contributed by atoms with Gasteiger partial charge in [-0.25, -0.2) is 0 Å². The summed E-state index contributed by atoms with van der Waals surface area (Å²) in [6.07, 6.45) is 3.72. The minimum Gasteiger partial charge on any atom is -0.501 e. The number of hydrogen-bond donors (Lipinski definition) is 0. The molecule has 3 aromatic carbocycles. The molecule has 0 spiro atoms. The summed E-state index contributed by atoms with van der Waals surface area (Å²) < 4.78 is 6.26. The summed E-state index contributed by atoms with van der Waals surface area (Å²) in [5.41, 5.74) is 9.34. The quantitative estimate of drug-likeness (QED) is 0.137. The molecule has 1 radical (unpaired) electrons. The maximum Gasteiger partial charge on any atom is 0.120 e. The van der Waals surface area contributed by atoms with E-state index in [1.54, 1.807) is 0 Å². The van der Waals surface area contributed by atoms with E-state index in [0.717, 1.165) is 33.7 Å². The van der Waals surface area contributed by atoms with Crippen LogP contribution in [0.2, 0.25) is 19.6 Å². The number of rotatable bonds is 3. The summed E-state index contributed by atoms with van der Waals surface area (Å²) in [5.74, 6) is 0. The summed E-state index contributed by atoms with van der Waals surface area (Å²) in [6.45, 7) is 13.3. The van der Waals surface area contributed by atoms with Crippen LogP contribution >= 0.6 is 0 Å². The maximum atomic E-state index is 6.26. The maximum absolute atomic E-state index is 6.26. The van der Waals surface area contributed by atoms with E-state index < -0.39 is 8.07 Å².